The predicted octanol–water partition coefficient (Wildman–Crippen LogP) is 4.26. The van der Waals surface area contributed by atoms with Crippen LogP contribution in [-0.4, -0.2) is 48.6 Å². The van der Waals surface area contributed by atoms with Crippen molar-refractivity contribution in [3.63, 3.8) is 0 Å². The molecule has 0 saturated carbocycles. The van der Waals surface area contributed by atoms with Gasteiger partial charge in [0.25, 0.3) is 0 Å². The Labute approximate surface area is 175 Å². The molecule has 0 atom stereocenters. The van der Waals surface area contributed by atoms with Crippen molar-refractivity contribution < 1.29 is 22.7 Å². The molecule has 1 aliphatic heterocycles. The van der Waals surface area contributed by atoms with Gasteiger partial charge in [-0.15, -0.1) is 0 Å². The summed E-state index contributed by atoms with van der Waals surface area (Å²) in [6.07, 6.45) is -3.50. The SMILES string of the molecule is Cc1cc(CN(C)CC(=O)N2CCc3ccccc3C2)cc(C)c1OCC(F)(F)F. The molecule has 1 aliphatic rings. The first kappa shape index (κ1) is 22.2. The second kappa shape index (κ2) is 9.08. The summed E-state index contributed by atoms with van der Waals surface area (Å²) in [4.78, 5) is 16.5. The predicted molar refractivity (Wildman–Crippen MR) is 109 cm³/mol. The minimum absolute atomic E-state index is 0.0746. The first-order valence-corrected chi connectivity index (χ1v) is 9.95. The molecule has 4 nitrogen and oxygen atoms in total. The standard InChI is InChI=1S/C23H27F3N2O2/c1-16-10-18(11-17(2)22(16)30-15-23(24,25)26)12-27(3)14-21(29)28-9-8-19-6-4-5-7-20(19)13-28/h4-7,10-11H,8-9,12-15H2,1-3H3. The Morgan fingerprint density at radius 3 is 2.40 bits per heavy atom. The van der Waals surface area contributed by atoms with Crippen LogP contribution in [-0.2, 0) is 24.3 Å². The summed E-state index contributed by atoms with van der Waals surface area (Å²) in [5, 5.41) is 0. The van der Waals surface area contributed by atoms with Gasteiger partial charge in [0.05, 0.1) is 6.54 Å². The molecule has 0 unspecified atom stereocenters. The molecule has 0 aromatic heterocycles. The molecule has 0 saturated heterocycles. The van der Waals surface area contributed by atoms with Crippen molar-refractivity contribution in [2.75, 3.05) is 26.7 Å². The first-order chi connectivity index (χ1) is 14.1. The van der Waals surface area contributed by atoms with Crippen LogP contribution in [0, 0.1) is 13.8 Å². The second-order valence-electron chi connectivity index (χ2n) is 7.97. The number of carbonyl (C=O) groups excluding carboxylic acids is 1. The zero-order chi connectivity index (χ0) is 21.9. The molecule has 1 heterocycles. The van der Waals surface area contributed by atoms with Gasteiger partial charge in [0, 0.05) is 19.6 Å². The quantitative estimate of drug-likeness (QED) is 0.700. The number of nitrogens with zero attached hydrogens (tertiary/aromatic N) is 2. The van der Waals surface area contributed by atoms with Crippen molar-refractivity contribution in [1.82, 2.24) is 9.80 Å². The Balaban J connectivity index is 1.58. The van der Waals surface area contributed by atoms with E-state index in [1.165, 1.54) is 11.1 Å². The molecule has 0 fully saturated rings. The first-order valence-electron chi connectivity index (χ1n) is 9.95. The summed E-state index contributed by atoms with van der Waals surface area (Å²) in [6, 6.07) is 11.8. The molecule has 2 aromatic carbocycles. The number of aryl methyl sites for hydroxylation is 2. The number of fused-ring (bicyclic) bond motifs is 1. The number of likely N-dealkylation sites (N-methyl/N-ethyl adjacent to an activating group) is 1. The largest absolute Gasteiger partial charge is 0.484 e. The number of halogens is 3. The van der Waals surface area contributed by atoms with E-state index in [1.807, 2.05) is 41.1 Å². The van der Waals surface area contributed by atoms with Crippen LogP contribution in [0.3, 0.4) is 0 Å². The monoisotopic (exact) mass is 420 g/mol. The van der Waals surface area contributed by atoms with Crippen molar-refractivity contribution in [2.45, 2.75) is 39.5 Å². The van der Waals surface area contributed by atoms with Crippen molar-refractivity contribution in [1.29, 1.82) is 0 Å². The molecule has 3 rings (SSSR count). The number of alkyl halides is 3. The summed E-state index contributed by atoms with van der Waals surface area (Å²) in [5.74, 6) is 0.340. The normalized spacial score (nSPS) is 14.0. The zero-order valence-corrected chi connectivity index (χ0v) is 17.6. The number of amides is 1. The minimum Gasteiger partial charge on any atom is -0.484 e. The lowest BCUT2D eigenvalue weighted by atomic mass is 10.00. The van der Waals surface area contributed by atoms with E-state index in [9.17, 15) is 18.0 Å². The van der Waals surface area contributed by atoms with Gasteiger partial charge in [-0.25, -0.2) is 0 Å². The summed E-state index contributed by atoms with van der Waals surface area (Å²) >= 11 is 0. The van der Waals surface area contributed by atoms with Crippen LogP contribution in [0.5, 0.6) is 5.75 Å². The molecule has 162 valence electrons. The highest BCUT2D eigenvalue weighted by Gasteiger charge is 2.29. The molecule has 7 heteroatoms. The fourth-order valence-electron chi connectivity index (χ4n) is 3.92. The number of hydrogen-bond acceptors (Lipinski definition) is 3. The summed E-state index contributed by atoms with van der Waals surface area (Å²) < 4.78 is 42.3. The molecular formula is C23H27F3N2O2. The third kappa shape index (κ3) is 5.75. The van der Waals surface area contributed by atoms with Crippen LogP contribution in [0.2, 0.25) is 0 Å². The lowest BCUT2D eigenvalue weighted by molar-refractivity contribution is -0.153. The van der Waals surface area contributed by atoms with Gasteiger partial charge in [0.2, 0.25) is 5.91 Å². The van der Waals surface area contributed by atoms with Gasteiger partial charge in [0.1, 0.15) is 5.75 Å². The summed E-state index contributed by atoms with van der Waals surface area (Å²) in [5.41, 5.74) is 4.74. The molecule has 0 bridgehead atoms. The lowest BCUT2D eigenvalue weighted by Crippen LogP contribution is -2.41. The fraction of sp³-hybridized carbons (Fsp3) is 0.435. The Morgan fingerprint density at radius 2 is 1.77 bits per heavy atom. The van der Waals surface area contributed by atoms with Crippen LogP contribution in [0.4, 0.5) is 13.2 Å². The van der Waals surface area contributed by atoms with Gasteiger partial charge in [0.15, 0.2) is 6.61 Å². The molecule has 1 amide bonds. The van der Waals surface area contributed by atoms with Gasteiger partial charge < -0.3 is 9.64 Å². The number of ether oxygens (including phenoxy) is 1. The van der Waals surface area contributed by atoms with Gasteiger partial charge >= 0.3 is 6.18 Å². The Kier molecular flexibility index (Phi) is 6.71. The lowest BCUT2D eigenvalue weighted by Gasteiger charge is -2.30. The number of hydrogen-bond donors (Lipinski definition) is 0. The fourth-order valence-corrected chi connectivity index (χ4v) is 3.92. The molecule has 0 aliphatic carbocycles. The molecular weight excluding hydrogens is 393 g/mol. The van der Waals surface area contributed by atoms with Crippen LogP contribution >= 0.6 is 0 Å². The smallest absolute Gasteiger partial charge is 0.422 e. The van der Waals surface area contributed by atoms with Gasteiger partial charge in [-0.3, -0.25) is 9.69 Å². The molecule has 2 aromatic rings. The molecule has 30 heavy (non-hydrogen) atoms. The minimum atomic E-state index is -4.37. The van der Waals surface area contributed by atoms with Crippen LogP contribution in [0.15, 0.2) is 36.4 Å². The zero-order valence-electron chi connectivity index (χ0n) is 17.6. The van der Waals surface area contributed by atoms with E-state index in [4.69, 9.17) is 4.74 Å². The Morgan fingerprint density at radius 1 is 1.13 bits per heavy atom. The topological polar surface area (TPSA) is 32.8 Å². The van der Waals surface area contributed by atoms with E-state index in [1.54, 1.807) is 13.8 Å². The van der Waals surface area contributed by atoms with E-state index in [2.05, 4.69) is 12.1 Å². The van der Waals surface area contributed by atoms with Crippen LogP contribution in [0.25, 0.3) is 0 Å². The highest BCUT2D eigenvalue weighted by atomic mass is 19.4. The number of rotatable bonds is 6. The maximum Gasteiger partial charge on any atom is 0.422 e. The highest BCUT2D eigenvalue weighted by molar-refractivity contribution is 5.78. The summed E-state index contributed by atoms with van der Waals surface area (Å²) in [6.45, 7) is 4.32. The van der Waals surface area contributed by atoms with Gasteiger partial charge in [-0.2, -0.15) is 13.2 Å². The van der Waals surface area contributed by atoms with Gasteiger partial charge in [-0.1, -0.05) is 36.4 Å². The van der Waals surface area contributed by atoms with E-state index in [-0.39, 0.29) is 18.2 Å². The third-order valence-electron chi connectivity index (χ3n) is 5.24. The third-order valence-corrected chi connectivity index (χ3v) is 5.24. The molecule has 0 spiro atoms. The van der Waals surface area contributed by atoms with Crippen molar-refractivity contribution in [2.24, 2.45) is 0 Å². The summed E-state index contributed by atoms with van der Waals surface area (Å²) in [7, 11) is 1.87. The maximum absolute atomic E-state index is 12.7. The maximum atomic E-state index is 12.7. The van der Waals surface area contributed by atoms with Crippen LogP contribution < -0.4 is 4.74 Å². The van der Waals surface area contributed by atoms with E-state index < -0.39 is 12.8 Å². The van der Waals surface area contributed by atoms with Crippen molar-refractivity contribution in [3.05, 3.63) is 64.2 Å². The average molecular weight is 420 g/mol. The van der Waals surface area contributed by atoms with E-state index in [0.717, 1.165) is 12.0 Å². The van der Waals surface area contributed by atoms with Gasteiger partial charge in [-0.05, 0) is 55.1 Å². The van der Waals surface area contributed by atoms with Crippen LogP contribution in [0.1, 0.15) is 27.8 Å². The average Bonchev–Trinajstić information content (AvgIpc) is 2.65. The molecule has 0 radical (unpaired) electrons. The second-order valence-corrected chi connectivity index (χ2v) is 7.97. The molecule has 0 N–H and O–H groups in total. The van der Waals surface area contributed by atoms with E-state index >= 15 is 0 Å². The van der Waals surface area contributed by atoms with Crippen molar-refractivity contribution >= 4 is 5.91 Å². The van der Waals surface area contributed by atoms with Crippen molar-refractivity contribution in [3.8, 4) is 5.75 Å². The Bertz CT molecular complexity index is 889. The highest BCUT2D eigenvalue weighted by Crippen LogP contribution is 2.27. The number of carbonyl (C=O) groups is 1. The number of benzene rings is 2. The van der Waals surface area contributed by atoms with E-state index in [0.29, 0.717) is 30.8 Å². The Hall–Kier alpha value is -2.54.